The second kappa shape index (κ2) is 9.75. The van der Waals surface area contributed by atoms with Gasteiger partial charge >= 0.3 is 0 Å². The van der Waals surface area contributed by atoms with Gasteiger partial charge in [0.15, 0.2) is 6.61 Å². The number of amides is 1. The van der Waals surface area contributed by atoms with Gasteiger partial charge in [0, 0.05) is 32.0 Å². The number of hydrogen-bond donors (Lipinski definition) is 1. The van der Waals surface area contributed by atoms with Gasteiger partial charge in [0.1, 0.15) is 11.5 Å². The number of nitrogens with one attached hydrogen (secondary N) is 1. The number of nitrogens with zero attached hydrogens (tertiary/aromatic N) is 3. The molecule has 7 nitrogen and oxygen atoms in total. The molecule has 2 heterocycles. The highest BCUT2D eigenvalue weighted by atomic mass is 16.5. The molecule has 0 saturated carbocycles. The molecule has 1 aliphatic rings. The van der Waals surface area contributed by atoms with Crippen molar-refractivity contribution in [2.45, 2.75) is 19.8 Å². The van der Waals surface area contributed by atoms with Crippen molar-refractivity contribution in [2.75, 3.05) is 37.7 Å². The Balaban J connectivity index is 1.34. The minimum Gasteiger partial charge on any atom is -0.494 e. The van der Waals surface area contributed by atoms with E-state index in [1.807, 2.05) is 25.1 Å². The zero-order chi connectivity index (χ0) is 18.9. The monoisotopic (exact) mass is 370 g/mol. The molecule has 0 atom stereocenters. The number of ether oxygens (including phenoxy) is 2. The molecule has 1 aliphatic heterocycles. The maximum absolute atomic E-state index is 12.0. The zero-order valence-electron chi connectivity index (χ0n) is 15.6. The predicted molar refractivity (Wildman–Crippen MR) is 103 cm³/mol. The van der Waals surface area contributed by atoms with E-state index in [0.29, 0.717) is 24.8 Å². The fourth-order valence-electron chi connectivity index (χ4n) is 3.05. The molecule has 144 valence electrons. The van der Waals surface area contributed by atoms with Gasteiger partial charge < -0.3 is 19.7 Å². The van der Waals surface area contributed by atoms with Crippen molar-refractivity contribution >= 4 is 11.9 Å². The summed E-state index contributed by atoms with van der Waals surface area (Å²) in [6.07, 6.45) is 5.55. The van der Waals surface area contributed by atoms with E-state index < -0.39 is 0 Å². The third kappa shape index (κ3) is 5.84. The summed E-state index contributed by atoms with van der Waals surface area (Å²) in [4.78, 5) is 22.8. The first kappa shape index (κ1) is 18.9. The van der Waals surface area contributed by atoms with Crippen molar-refractivity contribution in [2.24, 2.45) is 5.92 Å². The van der Waals surface area contributed by atoms with Gasteiger partial charge in [0.25, 0.3) is 5.91 Å². The van der Waals surface area contributed by atoms with Gasteiger partial charge in [0.05, 0.1) is 6.61 Å². The van der Waals surface area contributed by atoms with Crippen LogP contribution in [0.4, 0.5) is 5.95 Å². The smallest absolute Gasteiger partial charge is 0.257 e. The van der Waals surface area contributed by atoms with E-state index >= 15 is 0 Å². The lowest BCUT2D eigenvalue weighted by Gasteiger charge is -2.31. The summed E-state index contributed by atoms with van der Waals surface area (Å²) >= 11 is 0. The maximum Gasteiger partial charge on any atom is 0.257 e. The number of carbonyl (C=O) groups excluding carboxylic acids is 1. The van der Waals surface area contributed by atoms with Crippen LogP contribution in [0.3, 0.4) is 0 Å². The van der Waals surface area contributed by atoms with E-state index in [4.69, 9.17) is 9.47 Å². The fourth-order valence-corrected chi connectivity index (χ4v) is 3.05. The van der Waals surface area contributed by atoms with Crippen LogP contribution >= 0.6 is 0 Å². The van der Waals surface area contributed by atoms with Crippen molar-refractivity contribution in [1.29, 1.82) is 0 Å². The second-order valence-corrected chi connectivity index (χ2v) is 6.48. The van der Waals surface area contributed by atoms with Gasteiger partial charge in [-0.25, -0.2) is 9.97 Å². The Morgan fingerprint density at radius 1 is 1.11 bits per heavy atom. The molecule has 0 spiro atoms. The second-order valence-electron chi connectivity index (χ2n) is 6.48. The molecule has 27 heavy (non-hydrogen) atoms. The molecule has 0 bridgehead atoms. The zero-order valence-corrected chi connectivity index (χ0v) is 15.6. The molecule has 1 fully saturated rings. The topological polar surface area (TPSA) is 76.6 Å². The van der Waals surface area contributed by atoms with Crippen molar-refractivity contribution in [1.82, 2.24) is 15.3 Å². The molecular formula is C20H26N4O3. The van der Waals surface area contributed by atoms with E-state index in [9.17, 15) is 4.79 Å². The molecule has 0 unspecified atom stereocenters. The maximum atomic E-state index is 12.0. The number of rotatable bonds is 8. The van der Waals surface area contributed by atoms with Crippen LogP contribution in [0.2, 0.25) is 0 Å². The van der Waals surface area contributed by atoms with Gasteiger partial charge in [-0.05, 0) is 56.0 Å². The van der Waals surface area contributed by atoms with Crippen LogP contribution in [0, 0.1) is 5.92 Å². The summed E-state index contributed by atoms with van der Waals surface area (Å²) in [7, 11) is 0. The molecule has 1 saturated heterocycles. The SMILES string of the molecule is CCOc1ccc(OCC(=O)NCC2CCN(c3ncccn3)CC2)cc1. The van der Waals surface area contributed by atoms with Gasteiger partial charge in [0.2, 0.25) is 5.95 Å². The number of anilines is 1. The fraction of sp³-hybridized carbons (Fsp3) is 0.450. The molecule has 1 N–H and O–H groups in total. The van der Waals surface area contributed by atoms with Crippen LogP contribution in [0.1, 0.15) is 19.8 Å². The van der Waals surface area contributed by atoms with Crippen molar-refractivity contribution in [3.63, 3.8) is 0 Å². The molecule has 7 heteroatoms. The summed E-state index contributed by atoms with van der Waals surface area (Å²) in [6.45, 7) is 5.08. The quantitative estimate of drug-likeness (QED) is 0.768. The Morgan fingerprint density at radius 3 is 2.37 bits per heavy atom. The van der Waals surface area contributed by atoms with Crippen molar-refractivity contribution in [3.8, 4) is 11.5 Å². The van der Waals surface area contributed by atoms with E-state index in [2.05, 4.69) is 20.2 Å². The number of benzene rings is 1. The van der Waals surface area contributed by atoms with Crippen molar-refractivity contribution in [3.05, 3.63) is 42.7 Å². The Labute approximate surface area is 159 Å². The first-order valence-electron chi connectivity index (χ1n) is 9.39. The lowest BCUT2D eigenvalue weighted by Crippen LogP contribution is -2.40. The highest BCUT2D eigenvalue weighted by Crippen LogP contribution is 2.20. The number of piperidine rings is 1. The molecule has 0 aliphatic carbocycles. The van der Waals surface area contributed by atoms with Crippen LogP contribution in [0.25, 0.3) is 0 Å². The molecule has 1 aromatic heterocycles. The van der Waals surface area contributed by atoms with E-state index in [-0.39, 0.29) is 12.5 Å². The van der Waals surface area contributed by atoms with Crippen LogP contribution < -0.4 is 19.7 Å². The first-order valence-corrected chi connectivity index (χ1v) is 9.39. The first-order chi connectivity index (χ1) is 13.2. The Bertz CT molecular complexity index is 701. The largest absolute Gasteiger partial charge is 0.494 e. The van der Waals surface area contributed by atoms with Crippen LogP contribution in [-0.4, -0.2) is 48.7 Å². The van der Waals surface area contributed by atoms with Gasteiger partial charge in [-0.3, -0.25) is 4.79 Å². The van der Waals surface area contributed by atoms with Crippen molar-refractivity contribution < 1.29 is 14.3 Å². The molecule has 0 radical (unpaired) electrons. The average molecular weight is 370 g/mol. The highest BCUT2D eigenvalue weighted by Gasteiger charge is 2.21. The van der Waals surface area contributed by atoms with E-state index in [1.54, 1.807) is 24.5 Å². The number of carbonyl (C=O) groups is 1. The summed E-state index contributed by atoms with van der Waals surface area (Å²) in [5.41, 5.74) is 0. The van der Waals surface area contributed by atoms with Gasteiger partial charge in [-0.1, -0.05) is 0 Å². The lowest BCUT2D eigenvalue weighted by molar-refractivity contribution is -0.123. The van der Waals surface area contributed by atoms with E-state index in [1.165, 1.54) is 0 Å². The Morgan fingerprint density at radius 2 is 1.74 bits per heavy atom. The predicted octanol–water partition coefficient (Wildman–Crippen LogP) is 2.29. The molecule has 2 aromatic rings. The number of hydrogen-bond acceptors (Lipinski definition) is 6. The highest BCUT2D eigenvalue weighted by molar-refractivity contribution is 5.77. The average Bonchev–Trinajstić information content (AvgIpc) is 2.73. The Hall–Kier alpha value is -2.83. The summed E-state index contributed by atoms with van der Waals surface area (Å²) in [5.74, 6) is 2.60. The van der Waals surface area contributed by atoms with Gasteiger partial charge in [-0.15, -0.1) is 0 Å². The lowest BCUT2D eigenvalue weighted by atomic mass is 9.97. The molecule has 1 amide bonds. The minimum absolute atomic E-state index is 0.0185. The summed E-state index contributed by atoms with van der Waals surface area (Å²) < 4.78 is 10.9. The standard InChI is InChI=1S/C20H26N4O3/c1-2-26-17-4-6-18(7-5-17)27-15-19(25)23-14-16-8-12-24(13-9-16)20-21-10-3-11-22-20/h3-7,10-11,16H,2,8-9,12-15H2,1H3,(H,23,25). The summed E-state index contributed by atoms with van der Waals surface area (Å²) in [6, 6.07) is 9.10. The van der Waals surface area contributed by atoms with Crippen LogP contribution in [0.5, 0.6) is 11.5 Å². The normalized spacial score (nSPS) is 14.6. The Kier molecular flexibility index (Phi) is 6.84. The third-order valence-corrected chi connectivity index (χ3v) is 4.54. The van der Waals surface area contributed by atoms with Gasteiger partial charge in [-0.2, -0.15) is 0 Å². The number of aromatic nitrogens is 2. The van der Waals surface area contributed by atoms with E-state index in [0.717, 1.165) is 37.6 Å². The molecule has 1 aromatic carbocycles. The third-order valence-electron chi connectivity index (χ3n) is 4.54. The summed E-state index contributed by atoms with van der Waals surface area (Å²) in [5, 5.41) is 2.97. The molecular weight excluding hydrogens is 344 g/mol. The minimum atomic E-state index is -0.0993. The van der Waals surface area contributed by atoms with Crippen LogP contribution in [0.15, 0.2) is 42.7 Å². The van der Waals surface area contributed by atoms with Crippen LogP contribution in [-0.2, 0) is 4.79 Å². The molecule has 3 rings (SSSR count).